The number of rotatable bonds is 4. The zero-order valence-corrected chi connectivity index (χ0v) is 13.8. The average Bonchev–Trinajstić information content (AvgIpc) is 2.49. The van der Waals surface area contributed by atoms with Gasteiger partial charge in [0.25, 0.3) is 5.91 Å². The summed E-state index contributed by atoms with van der Waals surface area (Å²) < 4.78 is 24.5. The van der Waals surface area contributed by atoms with E-state index in [9.17, 15) is 13.6 Å². The maximum Gasteiger partial charge on any atom is 0.267 e. The maximum absolute atomic E-state index is 12.1. The van der Waals surface area contributed by atoms with Crippen molar-refractivity contribution in [1.82, 2.24) is 10.5 Å². The van der Waals surface area contributed by atoms with Crippen molar-refractivity contribution in [2.45, 2.75) is 26.8 Å². The monoisotopic (exact) mass is 336 g/mol. The zero-order chi connectivity index (χ0) is 17.2. The number of hydrogen-bond donors (Lipinski definition) is 2. The van der Waals surface area contributed by atoms with E-state index >= 15 is 0 Å². The minimum Gasteiger partial charge on any atom is -0.755 e. The van der Waals surface area contributed by atoms with Gasteiger partial charge < -0.3 is 4.55 Å². The number of anilines is 1. The van der Waals surface area contributed by atoms with Crippen molar-refractivity contribution >= 4 is 33.8 Å². The normalized spacial score (nSPS) is 14.3. The summed E-state index contributed by atoms with van der Waals surface area (Å²) >= 11 is -2.70. The molecule has 0 saturated carbocycles. The Morgan fingerprint density at radius 3 is 2.65 bits per heavy atom. The van der Waals surface area contributed by atoms with Gasteiger partial charge in [0.2, 0.25) is 0 Å². The van der Waals surface area contributed by atoms with Gasteiger partial charge in [-0.3, -0.25) is 23.5 Å². The smallest absolute Gasteiger partial charge is 0.267 e. The molecule has 0 aliphatic rings. The third-order valence-corrected chi connectivity index (χ3v) is 4.16. The molecular weight excluding hydrogens is 318 g/mol. The van der Waals surface area contributed by atoms with Crippen molar-refractivity contribution in [3.8, 4) is 0 Å². The Bertz CT molecular complexity index is 745. The third kappa shape index (κ3) is 3.66. The molecular formula is C15H18N3O4S-. The molecule has 2 unspecified atom stereocenters. The Morgan fingerprint density at radius 2 is 2.09 bits per heavy atom. The Morgan fingerprint density at radius 1 is 1.39 bits per heavy atom. The molecule has 0 aliphatic carbocycles. The van der Waals surface area contributed by atoms with Crippen LogP contribution in [0.3, 0.4) is 0 Å². The van der Waals surface area contributed by atoms with E-state index in [1.807, 2.05) is 0 Å². The SMILES string of the molecule is CC(C)(C)C(C(=O)NO)N(c1ccc2ncccc2c1)S(=O)[O-]. The van der Waals surface area contributed by atoms with Gasteiger partial charge in [-0.05, 0) is 29.7 Å². The number of carbonyl (C=O) groups excluding carboxylic acids is 1. The van der Waals surface area contributed by atoms with E-state index in [0.29, 0.717) is 11.2 Å². The Balaban J connectivity index is 2.58. The molecule has 0 fully saturated rings. The molecule has 0 aliphatic heterocycles. The highest BCUT2D eigenvalue weighted by Crippen LogP contribution is 2.31. The van der Waals surface area contributed by atoms with Crippen LogP contribution in [-0.4, -0.2) is 30.9 Å². The lowest BCUT2D eigenvalue weighted by Crippen LogP contribution is -2.54. The second-order valence-electron chi connectivity index (χ2n) is 6.17. The number of pyridine rings is 1. The van der Waals surface area contributed by atoms with E-state index in [0.717, 1.165) is 9.69 Å². The molecule has 0 spiro atoms. The first-order valence-electron chi connectivity index (χ1n) is 6.93. The lowest BCUT2D eigenvalue weighted by Gasteiger charge is -2.40. The highest BCUT2D eigenvalue weighted by molar-refractivity contribution is 7.80. The Hall–Kier alpha value is -2.03. The largest absolute Gasteiger partial charge is 0.755 e. The first-order chi connectivity index (χ1) is 10.8. The van der Waals surface area contributed by atoms with Crippen molar-refractivity contribution in [1.29, 1.82) is 0 Å². The summed E-state index contributed by atoms with van der Waals surface area (Å²) in [6, 6.07) is 7.33. The van der Waals surface area contributed by atoms with Gasteiger partial charge in [0.1, 0.15) is 6.04 Å². The lowest BCUT2D eigenvalue weighted by molar-refractivity contribution is -0.132. The van der Waals surface area contributed by atoms with Crippen LogP contribution in [0.4, 0.5) is 5.69 Å². The fourth-order valence-electron chi connectivity index (χ4n) is 2.43. The van der Waals surface area contributed by atoms with Crippen LogP contribution in [0.1, 0.15) is 20.8 Å². The first kappa shape index (κ1) is 17.3. The molecule has 1 heterocycles. The molecule has 2 rings (SSSR count). The standard InChI is InChI=1S/C15H19N3O4S/c1-15(2,3)13(14(19)17-20)18(23(21)22)11-6-7-12-10(9-11)5-4-8-16-12/h4-9,13,20H,1-3H3,(H,17,19)(H,21,22)/p-1. The molecule has 2 aromatic rings. The van der Waals surface area contributed by atoms with Crippen molar-refractivity contribution < 1.29 is 18.8 Å². The molecule has 0 bridgehead atoms. The fraction of sp³-hybridized carbons (Fsp3) is 0.333. The summed E-state index contributed by atoms with van der Waals surface area (Å²) in [5.74, 6) is -0.798. The van der Waals surface area contributed by atoms with Gasteiger partial charge in [-0.25, -0.2) is 5.48 Å². The molecule has 8 heteroatoms. The van der Waals surface area contributed by atoms with E-state index in [4.69, 9.17) is 5.21 Å². The topological polar surface area (TPSA) is 106 Å². The van der Waals surface area contributed by atoms with Gasteiger partial charge in [-0.15, -0.1) is 0 Å². The summed E-state index contributed by atoms with van der Waals surface area (Å²) in [6.07, 6.45) is 1.64. The summed E-state index contributed by atoms with van der Waals surface area (Å²) in [7, 11) is 0. The van der Waals surface area contributed by atoms with Crippen LogP contribution in [-0.2, 0) is 16.1 Å². The number of amides is 1. The van der Waals surface area contributed by atoms with Crippen LogP contribution in [0, 0.1) is 5.41 Å². The van der Waals surface area contributed by atoms with E-state index < -0.39 is 28.6 Å². The number of benzene rings is 1. The quantitative estimate of drug-likeness (QED) is 0.503. The van der Waals surface area contributed by atoms with Gasteiger partial charge in [0.15, 0.2) is 0 Å². The molecule has 23 heavy (non-hydrogen) atoms. The number of carbonyl (C=O) groups is 1. The number of nitrogens with one attached hydrogen (secondary N) is 1. The average molecular weight is 336 g/mol. The summed E-state index contributed by atoms with van der Waals surface area (Å²) in [6.45, 7) is 5.15. The van der Waals surface area contributed by atoms with E-state index in [2.05, 4.69) is 4.98 Å². The van der Waals surface area contributed by atoms with Crippen LogP contribution in [0.15, 0.2) is 36.5 Å². The summed E-state index contributed by atoms with van der Waals surface area (Å²) in [5, 5.41) is 9.73. The van der Waals surface area contributed by atoms with Crippen LogP contribution < -0.4 is 9.79 Å². The van der Waals surface area contributed by atoms with Crippen LogP contribution in [0.2, 0.25) is 0 Å². The second-order valence-corrected chi connectivity index (χ2v) is 7.00. The second kappa shape index (κ2) is 6.61. The number of hydrogen-bond acceptors (Lipinski definition) is 5. The van der Waals surface area contributed by atoms with E-state index in [1.54, 1.807) is 62.8 Å². The molecule has 2 N–H and O–H groups in total. The maximum atomic E-state index is 12.1. The molecule has 124 valence electrons. The number of nitrogens with zero attached hydrogens (tertiary/aromatic N) is 2. The number of fused-ring (bicyclic) bond motifs is 1. The van der Waals surface area contributed by atoms with Gasteiger partial charge in [0.05, 0.1) is 5.52 Å². The molecule has 1 amide bonds. The highest BCUT2D eigenvalue weighted by Gasteiger charge is 2.37. The van der Waals surface area contributed by atoms with Gasteiger partial charge in [-0.2, -0.15) is 0 Å². The van der Waals surface area contributed by atoms with Gasteiger partial charge in [0, 0.05) is 28.5 Å². The van der Waals surface area contributed by atoms with Crippen molar-refractivity contribution in [3.63, 3.8) is 0 Å². The van der Waals surface area contributed by atoms with Gasteiger partial charge >= 0.3 is 0 Å². The summed E-state index contributed by atoms with van der Waals surface area (Å²) in [5.41, 5.74) is 1.84. The minimum absolute atomic E-state index is 0.322. The number of aromatic nitrogens is 1. The third-order valence-electron chi connectivity index (χ3n) is 3.42. The van der Waals surface area contributed by atoms with E-state index in [-0.39, 0.29) is 0 Å². The lowest BCUT2D eigenvalue weighted by atomic mass is 9.86. The molecule has 0 saturated heterocycles. The van der Waals surface area contributed by atoms with Gasteiger partial charge in [-0.1, -0.05) is 26.8 Å². The van der Waals surface area contributed by atoms with Crippen molar-refractivity contribution in [3.05, 3.63) is 36.5 Å². The summed E-state index contributed by atoms with van der Waals surface area (Å²) in [4.78, 5) is 16.2. The molecule has 7 nitrogen and oxygen atoms in total. The van der Waals surface area contributed by atoms with Crippen LogP contribution in [0.5, 0.6) is 0 Å². The molecule has 2 atom stereocenters. The fourth-order valence-corrected chi connectivity index (χ4v) is 3.30. The van der Waals surface area contributed by atoms with Crippen molar-refractivity contribution in [2.24, 2.45) is 5.41 Å². The predicted molar refractivity (Wildman–Crippen MR) is 86.3 cm³/mol. The predicted octanol–water partition coefficient (Wildman–Crippen LogP) is 1.76. The Kier molecular flexibility index (Phi) is 4.98. The first-order valence-corrected chi connectivity index (χ1v) is 7.96. The van der Waals surface area contributed by atoms with Crippen molar-refractivity contribution in [2.75, 3.05) is 4.31 Å². The minimum atomic E-state index is -2.70. The molecule has 1 aromatic heterocycles. The molecule has 1 aromatic carbocycles. The Labute approximate surface area is 136 Å². The van der Waals surface area contributed by atoms with E-state index in [1.165, 1.54) is 0 Å². The van der Waals surface area contributed by atoms with Crippen LogP contribution in [0.25, 0.3) is 10.9 Å². The van der Waals surface area contributed by atoms with Crippen LogP contribution >= 0.6 is 0 Å². The number of hydroxylamine groups is 1. The highest BCUT2D eigenvalue weighted by atomic mass is 32.2. The molecule has 0 radical (unpaired) electrons. The zero-order valence-electron chi connectivity index (χ0n) is 13.0.